The minimum absolute atomic E-state index is 0.510. The van der Waals surface area contributed by atoms with Crippen molar-refractivity contribution in [2.24, 2.45) is 0 Å². The van der Waals surface area contributed by atoms with Gasteiger partial charge in [0.25, 0.3) is 0 Å². The number of benzene rings is 2. The third-order valence-electron chi connectivity index (χ3n) is 2.84. The number of nitrogens with two attached hydrogens (primary N) is 1. The van der Waals surface area contributed by atoms with E-state index in [2.05, 4.69) is 52.4 Å². The highest BCUT2D eigenvalue weighted by molar-refractivity contribution is 7.98. The first-order valence-corrected chi connectivity index (χ1v) is 6.99. The summed E-state index contributed by atoms with van der Waals surface area (Å²) < 4.78 is 0. The van der Waals surface area contributed by atoms with Gasteiger partial charge in [-0.25, -0.2) is 9.97 Å². The molecule has 0 saturated heterocycles. The Labute approximate surface area is 115 Å². The lowest BCUT2D eigenvalue weighted by molar-refractivity contribution is 0.975. The minimum atomic E-state index is 0.510. The molecule has 0 bridgehead atoms. The van der Waals surface area contributed by atoms with Crippen molar-refractivity contribution in [2.75, 3.05) is 5.73 Å². The van der Waals surface area contributed by atoms with Crippen LogP contribution >= 0.6 is 11.8 Å². The zero-order valence-electron chi connectivity index (χ0n) is 10.3. The van der Waals surface area contributed by atoms with Gasteiger partial charge < -0.3 is 5.73 Å². The van der Waals surface area contributed by atoms with Gasteiger partial charge in [-0.05, 0) is 22.4 Å². The third-order valence-corrected chi connectivity index (χ3v) is 3.77. The first-order valence-electron chi connectivity index (χ1n) is 6.00. The fourth-order valence-corrected chi connectivity index (χ4v) is 2.68. The number of hydrogen-bond donors (Lipinski definition) is 1. The van der Waals surface area contributed by atoms with Crippen molar-refractivity contribution in [3.05, 3.63) is 60.3 Å². The molecule has 0 amide bonds. The molecular formula is C15H13N3S. The minimum Gasteiger partial charge on any atom is -0.384 e. The van der Waals surface area contributed by atoms with Crippen LogP contribution < -0.4 is 5.73 Å². The van der Waals surface area contributed by atoms with Gasteiger partial charge in [-0.1, -0.05) is 54.2 Å². The van der Waals surface area contributed by atoms with Crippen LogP contribution in [-0.2, 0) is 5.75 Å². The van der Waals surface area contributed by atoms with Gasteiger partial charge in [-0.3, -0.25) is 0 Å². The van der Waals surface area contributed by atoms with E-state index in [1.807, 2.05) is 0 Å². The van der Waals surface area contributed by atoms with Crippen LogP contribution in [-0.4, -0.2) is 9.97 Å². The molecule has 1 heterocycles. The number of hydrogen-bond acceptors (Lipinski definition) is 4. The van der Waals surface area contributed by atoms with Crippen molar-refractivity contribution in [3.8, 4) is 0 Å². The number of rotatable bonds is 3. The smallest absolute Gasteiger partial charge is 0.189 e. The molecule has 3 nitrogen and oxygen atoms in total. The Hall–Kier alpha value is -2.07. The molecule has 0 unspecified atom stereocenters. The van der Waals surface area contributed by atoms with E-state index in [0.29, 0.717) is 11.0 Å². The molecule has 1 aromatic heterocycles. The Morgan fingerprint density at radius 2 is 1.84 bits per heavy atom. The normalized spacial score (nSPS) is 10.7. The number of aromatic nitrogens is 2. The van der Waals surface area contributed by atoms with E-state index < -0.39 is 0 Å². The first kappa shape index (κ1) is 12.0. The number of nitrogens with zero attached hydrogens (tertiary/aromatic N) is 2. The van der Waals surface area contributed by atoms with E-state index in [9.17, 15) is 0 Å². The van der Waals surface area contributed by atoms with Crippen LogP contribution in [0.4, 0.5) is 5.82 Å². The maximum Gasteiger partial charge on any atom is 0.189 e. The molecule has 2 N–H and O–H groups in total. The van der Waals surface area contributed by atoms with Gasteiger partial charge in [0.1, 0.15) is 5.82 Å². The summed E-state index contributed by atoms with van der Waals surface area (Å²) in [7, 11) is 0. The molecule has 3 rings (SSSR count). The Balaban J connectivity index is 1.78. The van der Waals surface area contributed by atoms with E-state index in [-0.39, 0.29) is 0 Å². The second-order valence-electron chi connectivity index (χ2n) is 4.23. The van der Waals surface area contributed by atoms with E-state index in [0.717, 1.165) is 5.75 Å². The molecule has 0 atom stereocenters. The SMILES string of the molecule is Nc1ccnc(SCc2ccc3ccccc3c2)n1. The Morgan fingerprint density at radius 3 is 2.68 bits per heavy atom. The molecule has 19 heavy (non-hydrogen) atoms. The van der Waals surface area contributed by atoms with Crippen LogP contribution in [0.3, 0.4) is 0 Å². The fourth-order valence-electron chi connectivity index (χ4n) is 1.90. The molecule has 2 aromatic carbocycles. The summed E-state index contributed by atoms with van der Waals surface area (Å²) >= 11 is 1.59. The molecule has 0 aliphatic carbocycles. The highest BCUT2D eigenvalue weighted by Crippen LogP contribution is 2.22. The highest BCUT2D eigenvalue weighted by Gasteiger charge is 2.01. The summed E-state index contributed by atoms with van der Waals surface area (Å²) in [5, 5.41) is 3.23. The number of anilines is 1. The molecule has 0 fully saturated rings. The molecule has 3 aromatic rings. The van der Waals surface area contributed by atoms with Crippen molar-refractivity contribution in [3.63, 3.8) is 0 Å². The maximum absolute atomic E-state index is 5.64. The summed E-state index contributed by atoms with van der Waals surface area (Å²) in [5.41, 5.74) is 6.90. The van der Waals surface area contributed by atoms with Crippen molar-refractivity contribution in [1.82, 2.24) is 9.97 Å². The van der Waals surface area contributed by atoms with Crippen LogP contribution in [0, 0.1) is 0 Å². The Morgan fingerprint density at radius 1 is 1.00 bits per heavy atom. The Kier molecular flexibility index (Phi) is 3.33. The summed E-state index contributed by atoms with van der Waals surface area (Å²) in [4.78, 5) is 8.37. The van der Waals surface area contributed by atoms with Crippen LogP contribution in [0.2, 0.25) is 0 Å². The lowest BCUT2D eigenvalue weighted by Gasteiger charge is -2.03. The average Bonchev–Trinajstić information content (AvgIpc) is 2.45. The lowest BCUT2D eigenvalue weighted by atomic mass is 10.1. The number of nitrogen functional groups attached to an aromatic ring is 1. The standard InChI is InChI=1S/C15H13N3S/c16-14-7-8-17-15(18-14)19-10-11-5-6-12-3-1-2-4-13(12)9-11/h1-9H,10H2,(H2,16,17,18). The lowest BCUT2D eigenvalue weighted by Crippen LogP contribution is -1.93. The first-order chi connectivity index (χ1) is 9.31. The molecule has 0 aliphatic heterocycles. The summed E-state index contributed by atoms with van der Waals surface area (Å²) in [6.45, 7) is 0. The second kappa shape index (κ2) is 5.28. The van der Waals surface area contributed by atoms with E-state index in [1.54, 1.807) is 24.0 Å². The highest BCUT2D eigenvalue weighted by atomic mass is 32.2. The molecule has 0 radical (unpaired) electrons. The molecule has 0 spiro atoms. The summed E-state index contributed by atoms with van der Waals surface area (Å²) in [5.74, 6) is 1.35. The van der Waals surface area contributed by atoms with Gasteiger partial charge in [0.2, 0.25) is 0 Å². The third kappa shape index (κ3) is 2.85. The second-order valence-corrected chi connectivity index (χ2v) is 5.18. The van der Waals surface area contributed by atoms with E-state index >= 15 is 0 Å². The molecule has 94 valence electrons. The number of thioether (sulfide) groups is 1. The largest absolute Gasteiger partial charge is 0.384 e. The average molecular weight is 267 g/mol. The van der Waals surface area contributed by atoms with Crippen LogP contribution in [0.1, 0.15) is 5.56 Å². The monoisotopic (exact) mass is 267 g/mol. The van der Waals surface area contributed by atoms with Crippen molar-refractivity contribution in [2.45, 2.75) is 10.9 Å². The van der Waals surface area contributed by atoms with Gasteiger partial charge in [-0.15, -0.1) is 0 Å². The van der Waals surface area contributed by atoms with Crippen LogP contribution in [0.15, 0.2) is 59.9 Å². The van der Waals surface area contributed by atoms with Gasteiger partial charge in [0.15, 0.2) is 5.16 Å². The van der Waals surface area contributed by atoms with Crippen LogP contribution in [0.5, 0.6) is 0 Å². The van der Waals surface area contributed by atoms with Gasteiger partial charge in [-0.2, -0.15) is 0 Å². The van der Waals surface area contributed by atoms with E-state index in [1.165, 1.54) is 16.3 Å². The van der Waals surface area contributed by atoms with Crippen LogP contribution in [0.25, 0.3) is 10.8 Å². The molecular weight excluding hydrogens is 254 g/mol. The maximum atomic E-state index is 5.64. The summed E-state index contributed by atoms with van der Waals surface area (Å²) in [6, 6.07) is 16.5. The summed E-state index contributed by atoms with van der Waals surface area (Å²) in [6.07, 6.45) is 1.69. The zero-order valence-corrected chi connectivity index (χ0v) is 11.1. The van der Waals surface area contributed by atoms with Gasteiger partial charge in [0, 0.05) is 11.9 Å². The zero-order chi connectivity index (χ0) is 13.1. The predicted molar refractivity (Wildman–Crippen MR) is 80.0 cm³/mol. The fraction of sp³-hybridized carbons (Fsp3) is 0.0667. The number of fused-ring (bicyclic) bond motifs is 1. The topological polar surface area (TPSA) is 51.8 Å². The molecule has 4 heteroatoms. The van der Waals surface area contributed by atoms with Crippen molar-refractivity contribution >= 4 is 28.4 Å². The van der Waals surface area contributed by atoms with E-state index in [4.69, 9.17) is 5.73 Å². The molecule has 0 saturated carbocycles. The molecule has 0 aliphatic rings. The van der Waals surface area contributed by atoms with Crippen molar-refractivity contribution in [1.29, 1.82) is 0 Å². The quantitative estimate of drug-likeness (QED) is 0.583. The van der Waals surface area contributed by atoms with Gasteiger partial charge in [0.05, 0.1) is 0 Å². The van der Waals surface area contributed by atoms with Crippen molar-refractivity contribution < 1.29 is 0 Å². The Bertz CT molecular complexity index is 712. The predicted octanol–water partition coefficient (Wildman–Crippen LogP) is 3.50. The van der Waals surface area contributed by atoms with Gasteiger partial charge >= 0.3 is 0 Å².